The van der Waals surface area contributed by atoms with E-state index in [-0.39, 0.29) is 5.97 Å². The second-order valence-electron chi connectivity index (χ2n) is 6.03. The average Bonchev–Trinajstić information content (AvgIpc) is 2.63. The Bertz CT molecular complexity index is 678. The number of ether oxygens (including phenoxy) is 1. The van der Waals surface area contributed by atoms with Gasteiger partial charge in [0.25, 0.3) is 0 Å². The van der Waals surface area contributed by atoms with E-state index in [0.717, 1.165) is 16.2 Å². The van der Waals surface area contributed by atoms with Crippen LogP contribution >= 0.6 is 11.8 Å². The number of carbonyl (C=O) groups excluding carboxylic acids is 1. The summed E-state index contributed by atoms with van der Waals surface area (Å²) in [6.07, 6.45) is 8.44. The van der Waals surface area contributed by atoms with Crippen LogP contribution < -0.4 is 0 Å². The minimum Gasteiger partial charge on any atom is -0.462 e. The van der Waals surface area contributed by atoms with E-state index in [1.807, 2.05) is 55.2 Å². The summed E-state index contributed by atoms with van der Waals surface area (Å²) in [6.45, 7) is 2.21. The Balaban J connectivity index is 1.80. The van der Waals surface area contributed by atoms with Crippen molar-refractivity contribution in [3.63, 3.8) is 0 Å². The molecule has 0 aliphatic heterocycles. The van der Waals surface area contributed by atoms with Crippen molar-refractivity contribution < 1.29 is 9.53 Å². The van der Waals surface area contributed by atoms with Gasteiger partial charge in [-0.15, -0.1) is 11.8 Å². The molecule has 2 aromatic rings. The fourth-order valence-corrected chi connectivity index (χ4v) is 4.36. The first-order valence-corrected chi connectivity index (χ1v) is 9.55. The van der Waals surface area contributed by atoms with Crippen molar-refractivity contribution in [1.29, 1.82) is 0 Å². The van der Waals surface area contributed by atoms with Gasteiger partial charge in [-0.05, 0) is 43.5 Å². The minimum atomic E-state index is -0.271. The van der Waals surface area contributed by atoms with Crippen molar-refractivity contribution in [3.8, 4) is 11.1 Å². The zero-order valence-electron chi connectivity index (χ0n) is 14.0. The molecule has 4 heteroatoms. The molecule has 126 valence electrons. The lowest BCUT2D eigenvalue weighted by atomic mass is 10.0. The van der Waals surface area contributed by atoms with E-state index in [2.05, 4.69) is 11.1 Å². The van der Waals surface area contributed by atoms with Gasteiger partial charge in [-0.1, -0.05) is 37.5 Å². The van der Waals surface area contributed by atoms with Crippen molar-refractivity contribution in [2.24, 2.45) is 0 Å². The summed E-state index contributed by atoms with van der Waals surface area (Å²) >= 11 is 1.90. The number of aromatic nitrogens is 1. The van der Waals surface area contributed by atoms with Gasteiger partial charge in [-0.2, -0.15) is 0 Å². The standard InChI is InChI=1S/C20H23NO2S/c1-2-23-20(22)16-12-10-15(11-13-16)18-9-6-14-21-19(18)24-17-7-4-3-5-8-17/h6,9-14,17H,2-5,7-8H2,1H3. The monoisotopic (exact) mass is 341 g/mol. The summed E-state index contributed by atoms with van der Waals surface area (Å²) in [4.78, 5) is 16.4. The SMILES string of the molecule is CCOC(=O)c1ccc(-c2cccnc2SC2CCCCC2)cc1. The number of esters is 1. The number of hydrogen-bond acceptors (Lipinski definition) is 4. The fraction of sp³-hybridized carbons (Fsp3) is 0.400. The van der Waals surface area contributed by atoms with Gasteiger partial charge in [0.2, 0.25) is 0 Å². The van der Waals surface area contributed by atoms with Crippen LogP contribution in [0, 0.1) is 0 Å². The first-order valence-electron chi connectivity index (χ1n) is 8.67. The highest BCUT2D eigenvalue weighted by Crippen LogP contribution is 2.37. The molecular formula is C20H23NO2S. The van der Waals surface area contributed by atoms with Gasteiger partial charge in [0, 0.05) is 17.0 Å². The lowest BCUT2D eigenvalue weighted by Crippen LogP contribution is -2.08. The van der Waals surface area contributed by atoms with Gasteiger partial charge < -0.3 is 4.74 Å². The maximum absolute atomic E-state index is 11.8. The van der Waals surface area contributed by atoms with E-state index < -0.39 is 0 Å². The van der Waals surface area contributed by atoms with Crippen LogP contribution in [-0.4, -0.2) is 22.8 Å². The molecule has 0 spiro atoms. The Morgan fingerprint density at radius 1 is 1.17 bits per heavy atom. The van der Waals surface area contributed by atoms with Gasteiger partial charge in [-0.25, -0.2) is 9.78 Å². The third-order valence-electron chi connectivity index (χ3n) is 4.31. The third-order valence-corrected chi connectivity index (χ3v) is 5.66. The predicted molar refractivity (Wildman–Crippen MR) is 98.4 cm³/mol. The molecule has 3 nitrogen and oxygen atoms in total. The Hall–Kier alpha value is -1.81. The number of benzene rings is 1. The smallest absolute Gasteiger partial charge is 0.338 e. The first-order chi connectivity index (χ1) is 11.8. The van der Waals surface area contributed by atoms with E-state index in [1.165, 1.54) is 32.1 Å². The molecule has 0 radical (unpaired) electrons. The van der Waals surface area contributed by atoms with Crippen LogP contribution in [0.4, 0.5) is 0 Å². The number of hydrogen-bond donors (Lipinski definition) is 0. The molecule has 1 aliphatic rings. The Morgan fingerprint density at radius 3 is 2.62 bits per heavy atom. The number of rotatable bonds is 5. The highest BCUT2D eigenvalue weighted by atomic mass is 32.2. The molecule has 0 amide bonds. The summed E-state index contributed by atoms with van der Waals surface area (Å²) < 4.78 is 5.04. The largest absolute Gasteiger partial charge is 0.462 e. The quantitative estimate of drug-likeness (QED) is 0.687. The van der Waals surface area contributed by atoms with Crippen LogP contribution in [0.1, 0.15) is 49.4 Å². The molecule has 1 fully saturated rings. The lowest BCUT2D eigenvalue weighted by Gasteiger charge is -2.21. The molecule has 0 unspecified atom stereocenters. The van der Waals surface area contributed by atoms with Crippen LogP contribution in [0.3, 0.4) is 0 Å². The maximum Gasteiger partial charge on any atom is 0.338 e. The molecule has 1 aromatic heterocycles. The second kappa shape index (κ2) is 8.34. The predicted octanol–water partition coefficient (Wildman–Crippen LogP) is 5.35. The van der Waals surface area contributed by atoms with E-state index in [9.17, 15) is 4.79 Å². The maximum atomic E-state index is 11.8. The number of thioether (sulfide) groups is 1. The normalized spacial score (nSPS) is 15.2. The molecule has 1 aliphatic carbocycles. The number of nitrogens with zero attached hydrogens (tertiary/aromatic N) is 1. The summed E-state index contributed by atoms with van der Waals surface area (Å²) in [5.74, 6) is -0.271. The molecule has 1 saturated carbocycles. The van der Waals surface area contributed by atoms with Gasteiger partial charge in [0.05, 0.1) is 12.2 Å². The van der Waals surface area contributed by atoms with Gasteiger partial charge in [0.15, 0.2) is 0 Å². The highest BCUT2D eigenvalue weighted by Gasteiger charge is 2.17. The molecule has 1 heterocycles. The molecule has 1 aromatic carbocycles. The van der Waals surface area contributed by atoms with E-state index in [4.69, 9.17) is 4.74 Å². The van der Waals surface area contributed by atoms with Crippen LogP contribution in [-0.2, 0) is 4.74 Å². The van der Waals surface area contributed by atoms with Crippen LogP contribution in [0.2, 0.25) is 0 Å². The summed E-state index contributed by atoms with van der Waals surface area (Å²) in [6, 6.07) is 11.7. The van der Waals surface area contributed by atoms with Gasteiger partial charge in [0.1, 0.15) is 5.03 Å². The molecule has 0 atom stereocenters. The minimum absolute atomic E-state index is 0.271. The van der Waals surface area contributed by atoms with Crippen molar-refractivity contribution in [2.45, 2.75) is 49.3 Å². The number of pyridine rings is 1. The summed E-state index contributed by atoms with van der Waals surface area (Å²) in [5, 5.41) is 1.76. The van der Waals surface area contributed by atoms with Crippen molar-refractivity contribution in [2.75, 3.05) is 6.61 Å². The third kappa shape index (κ3) is 4.18. The zero-order valence-corrected chi connectivity index (χ0v) is 14.8. The number of carbonyl (C=O) groups is 1. The van der Waals surface area contributed by atoms with E-state index in [0.29, 0.717) is 17.4 Å². The Kier molecular flexibility index (Phi) is 5.91. The van der Waals surface area contributed by atoms with Crippen molar-refractivity contribution in [3.05, 3.63) is 48.2 Å². The molecular weight excluding hydrogens is 318 g/mol. The average molecular weight is 341 g/mol. The van der Waals surface area contributed by atoms with Crippen LogP contribution in [0.25, 0.3) is 11.1 Å². The summed E-state index contributed by atoms with van der Waals surface area (Å²) in [7, 11) is 0. The van der Waals surface area contributed by atoms with Crippen LogP contribution in [0.15, 0.2) is 47.6 Å². The molecule has 0 bridgehead atoms. The Morgan fingerprint density at radius 2 is 1.92 bits per heavy atom. The molecule has 3 rings (SSSR count). The molecule has 24 heavy (non-hydrogen) atoms. The zero-order chi connectivity index (χ0) is 16.8. The Labute approximate surface area is 147 Å². The van der Waals surface area contributed by atoms with E-state index in [1.54, 1.807) is 0 Å². The van der Waals surface area contributed by atoms with Crippen molar-refractivity contribution >= 4 is 17.7 Å². The van der Waals surface area contributed by atoms with Crippen molar-refractivity contribution in [1.82, 2.24) is 4.98 Å². The topological polar surface area (TPSA) is 39.2 Å². The summed E-state index contributed by atoms with van der Waals surface area (Å²) in [5.41, 5.74) is 2.82. The lowest BCUT2D eigenvalue weighted by molar-refractivity contribution is 0.0526. The fourth-order valence-electron chi connectivity index (χ4n) is 3.05. The second-order valence-corrected chi connectivity index (χ2v) is 7.32. The van der Waals surface area contributed by atoms with Crippen LogP contribution in [0.5, 0.6) is 0 Å². The molecule has 0 N–H and O–H groups in total. The van der Waals surface area contributed by atoms with Gasteiger partial charge in [-0.3, -0.25) is 0 Å². The van der Waals surface area contributed by atoms with E-state index >= 15 is 0 Å². The first kappa shape index (κ1) is 17.0. The molecule has 0 saturated heterocycles. The highest BCUT2D eigenvalue weighted by molar-refractivity contribution is 8.00. The van der Waals surface area contributed by atoms with Gasteiger partial charge >= 0.3 is 5.97 Å².